The van der Waals surface area contributed by atoms with Crippen LogP contribution in [-0.2, 0) is 40.3 Å². The number of nitrogens with zero attached hydrogens (tertiary/aromatic N) is 1. The summed E-state index contributed by atoms with van der Waals surface area (Å²) in [6, 6.07) is 33.8. The molecule has 1 N–H and O–H groups in total. The number of hydrogen-bond acceptors (Lipinski definition) is 5. The summed E-state index contributed by atoms with van der Waals surface area (Å²) in [5, 5.41) is 3.76. The highest BCUT2D eigenvalue weighted by molar-refractivity contribution is 5.22. The second-order valence-electron chi connectivity index (χ2n) is 13.8. The number of halogens is 2. The molecule has 0 saturated carbocycles. The molecule has 0 amide bonds. The number of hydrogen-bond donors (Lipinski definition) is 1. The van der Waals surface area contributed by atoms with Crippen molar-refractivity contribution in [2.24, 2.45) is 5.41 Å². The van der Waals surface area contributed by atoms with Crippen LogP contribution in [0.25, 0.3) is 0 Å². The molecule has 0 aromatic heterocycles. The van der Waals surface area contributed by atoms with Gasteiger partial charge in [-0.15, -0.1) is 0 Å². The van der Waals surface area contributed by atoms with Crippen LogP contribution in [0.5, 0.6) is 0 Å². The molecule has 5 rings (SSSR count). The highest BCUT2D eigenvalue weighted by Gasteiger charge is 2.40. The molecular weight excluding hydrogens is 594 g/mol. The van der Waals surface area contributed by atoms with Crippen molar-refractivity contribution < 1.29 is 23.0 Å². The van der Waals surface area contributed by atoms with Gasteiger partial charge < -0.3 is 19.5 Å². The normalized spacial score (nSPS) is 19.9. The predicted octanol–water partition coefficient (Wildman–Crippen LogP) is 7.93. The molecule has 1 fully saturated rings. The molecule has 7 heteroatoms. The molecule has 4 aromatic carbocycles. The summed E-state index contributed by atoms with van der Waals surface area (Å²) < 4.78 is 48.7. The molecule has 4 aromatic rings. The van der Waals surface area contributed by atoms with Crippen LogP contribution in [0.15, 0.2) is 109 Å². The Balaban J connectivity index is 1.53. The monoisotopic (exact) mass is 642 g/mol. The number of nitrogens with one attached hydrogen (secondary N) is 1. The molecule has 5 atom stereocenters. The van der Waals surface area contributed by atoms with E-state index in [1.165, 1.54) is 12.1 Å². The fraction of sp³-hybridized carbons (Fsp3) is 0.400. The molecular formula is C40H48F2N2O3. The maximum atomic E-state index is 14.6. The van der Waals surface area contributed by atoms with Crippen LogP contribution < -0.4 is 5.32 Å². The molecule has 1 saturated heterocycles. The fourth-order valence-corrected chi connectivity index (χ4v) is 6.13. The molecule has 47 heavy (non-hydrogen) atoms. The fourth-order valence-electron chi connectivity index (χ4n) is 6.13. The molecule has 0 spiro atoms. The highest BCUT2D eigenvalue weighted by atomic mass is 19.1. The molecule has 0 radical (unpaired) electrons. The van der Waals surface area contributed by atoms with Crippen LogP contribution in [0.4, 0.5) is 8.78 Å². The van der Waals surface area contributed by atoms with Gasteiger partial charge in [-0.3, -0.25) is 4.90 Å². The van der Waals surface area contributed by atoms with Gasteiger partial charge in [0.2, 0.25) is 0 Å². The summed E-state index contributed by atoms with van der Waals surface area (Å²) in [6.07, 6.45) is -0.453. The third kappa shape index (κ3) is 10.8. The second-order valence-corrected chi connectivity index (χ2v) is 13.8. The summed E-state index contributed by atoms with van der Waals surface area (Å²) in [5.41, 5.74) is 3.89. The van der Waals surface area contributed by atoms with E-state index >= 15 is 0 Å². The number of ether oxygens (including phenoxy) is 3. The topological polar surface area (TPSA) is 43.0 Å². The zero-order valence-electron chi connectivity index (χ0n) is 27.9. The standard InChI is InChI=1S/C40H48F2N2O3/c1-29-39(47-28-40(2,3)4)46-27-36(43-29)38(45-26-32-18-12-7-13-19-32)37(22-33-20-34(41)23-35(42)21-33)44(24-30-14-8-5-9-15-30)25-31-16-10-6-11-17-31/h5-21,23,29,36-39,43H,22,24-28H2,1-4H3/t29-,36-,37+,38-,39+/m1/s1. The van der Waals surface area contributed by atoms with Crippen molar-refractivity contribution in [3.05, 3.63) is 143 Å². The first-order valence-electron chi connectivity index (χ1n) is 16.5. The van der Waals surface area contributed by atoms with E-state index in [-0.39, 0.29) is 23.5 Å². The van der Waals surface area contributed by atoms with E-state index in [2.05, 4.69) is 62.2 Å². The van der Waals surface area contributed by atoms with E-state index in [1.807, 2.05) is 66.7 Å². The van der Waals surface area contributed by atoms with Crippen LogP contribution in [0, 0.1) is 17.0 Å². The van der Waals surface area contributed by atoms with Gasteiger partial charge in [0.25, 0.3) is 0 Å². The van der Waals surface area contributed by atoms with Crippen molar-refractivity contribution in [3.63, 3.8) is 0 Å². The second kappa shape index (κ2) is 16.6. The lowest BCUT2D eigenvalue weighted by molar-refractivity contribution is -0.206. The average Bonchev–Trinajstić information content (AvgIpc) is 3.04. The first kappa shape index (κ1) is 34.9. The molecule has 1 aliphatic heterocycles. The van der Waals surface area contributed by atoms with Crippen LogP contribution in [0.1, 0.15) is 49.9 Å². The third-order valence-electron chi connectivity index (χ3n) is 8.36. The molecule has 0 aliphatic carbocycles. The Bertz CT molecular complexity index is 1440. The van der Waals surface area contributed by atoms with E-state index in [0.717, 1.165) is 22.8 Å². The predicted molar refractivity (Wildman–Crippen MR) is 183 cm³/mol. The number of benzene rings is 4. The van der Waals surface area contributed by atoms with Crippen molar-refractivity contribution in [2.45, 2.75) is 84.3 Å². The minimum Gasteiger partial charge on any atom is -0.370 e. The summed E-state index contributed by atoms with van der Waals surface area (Å²) in [6.45, 7) is 11.0. The van der Waals surface area contributed by atoms with Gasteiger partial charge >= 0.3 is 0 Å². The van der Waals surface area contributed by atoms with Gasteiger partial charge in [0.15, 0.2) is 6.29 Å². The van der Waals surface area contributed by atoms with Gasteiger partial charge in [-0.2, -0.15) is 0 Å². The van der Waals surface area contributed by atoms with Crippen molar-refractivity contribution in [1.82, 2.24) is 10.2 Å². The Hall–Kier alpha value is -3.46. The third-order valence-corrected chi connectivity index (χ3v) is 8.36. The molecule has 1 heterocycles. The van der Waals surface area contributed by atoms with Gasteiger partial charge in [-0.05, 0) is 53.1 Å². The van der Waals surface area contributed by atoms with Crippen LogP contribution >= 0.6 is 0 Å². The lowest BCUT2D eigenvalue weighted by Gasteiger charge is -2.45. The van der Waals surface area contributed by atoms with E-state index in [0.29, 0.717) is 44.9 Å². The van der Waals surface area contributed by atoms with E-state index in [1.54, 1.807) is 0 Å². The maximum Gasteiger partial charge on any atom is 0.172 e. The molecule has 0 bridgehead atoms. The zero-order valence-corrected chi connectivity index (χ0v) is 27.9. The van der Waals surface area contributed by atoms with E-state index in [9.17, 15) is 8.78 Å². The Morgan fingerprint density at radius 1 is 0.787 bits per heavy atom. The minimum atomic E-state index is -0.593. The van der Waals surface area contributed by atoms with E-state index < -0.39 is 24.0 Å². The van der Waals surface area contributed by atoms with Gasteiger partial charge in [-0.25, -0.2) is 8.78 Å². The maximum absolute atomic E-state index is 14.6. The Morgan fingerprint density at radius 2 is 1.32 bits per heavy atom. The lowest BCUT2D eigenvalue weighted by atomic mass is 9.92. The summed E-state index contributed by atoms with van der Waals surface area (Å²) >= 11 is 0. The Labute approximate surface area is 278 Å². The summed E-state index contributed by atoms with van der Waals surface area (Å²) in [4.78, 5) is 2.37. The number of rotatable bonds is 14. The highest BCUT2D eigenvalue weighted by Crippen LogP contribution is 2.27. The molecule has 250 valence electrons. The summed E-state index contributed by atoms with van der Waals surface area (Å²) in [5.74, 6) is -1.19. The van der Waals surface area contributed by atoms with Crippen molar-refractivity contribution >= 4 is 0 Å². The van der Waals surface area contributed by atoms with Gasteiger partial charge in [-0.1, -0.05) is 112 Å². The van der Waals surface area contributed by atoms with Crippen LogP contribution in [-0.4, -0.2) is 48.6 Å². The zero-order chi connectivity index (χ0) is 33.2. The van der Waals surface area contributed by atoms with Crippen LogP contribution in [0.3, 0.4) is 0 Å². The van der Waals surface area contributed by atoms with Crippen molar-refractivity contribution in [3.8, 4) is 0 Å². The van der Waals surface area contributed by atoms with Crippen LogP contribution in [0.2, 0.25) is 0 Å². The number of morpholine rings is 1. The lowest BCUT2D eigenvalue weighted by Crippen LogP contribution is -2.63. The quantitative estimate of drug-likeness (QED) is 0.151. The van der Waals surface area contributed by atoms with Crippen molar-refractivity contribution in [1.29, 1.82) is 0 Å². The minimum absolute atomic E-state index is 0.00195. The molecule has 1 aliphatic rings. The average molecular weight is 643 g/mol. The largest absolute Gasteiger partial charge is 0.370 e. The Morgan fingerprint density at radius 3 is 1.83 bits per heavy atom. The Kier molecular flexibility index (Phi) is 12.3. The van der Waals surface area contributed by atoms with E-state index in [4.69, 9.17) is 14.2 Å². The first-order chi connectivity index (χ1) is 22.6. The molecule has 5 nitrogen and oxygen atoms in total. The first-order valence-corrected chi connectivity index (χ1v) is 16.5. The van der Waals surface area contributed by atoms with Gasteiger partial charge in [0.1, 0.15) is 11.6 Å². The molecule has 0 unspecified atom stereocenters. The van der Waals surface area contributed by atoms with Crippen molar-refractivity contribution in [2.75, 3.05) is 13.2 Å². The van der Waals surface area contributed by atoms with Gasteiger partial charge in [0.05, 0.1) is 38.0 Å². The summed E-state index contributed by atoms with van der Waals surface area (Å²) in [7, 11) is 0. The smallest absolute Gasteiger partial charge is 0.172 e. The SMILES string of the molecule is C[C@H]1N[C@@H]([C@@H](OCc2ccccc2)[C@H](Cc2cc(F)cc(F)c2)N(Cc2ccccc2)Cc2ccccc2)CO[C@H]1OCC(C)(C)C. The van der Waals surface area contributed by atoms with Gasteiger partial charge in [0, 0.05) is 25.2 Å².